The number of nitrogens with zero attached hydrogens (tertiary/aromatic N) is 4. The van der Waals surface area contributed by atoms with Crippen LogP contribution >= 0.6 is 11.8 Å². The Bertz CT molecular complexity index is 1430. The van der Waals surface area contributed by atoms with Gasteiger partial charge in [0.1, 0.15) is 24.1 Å². The van der Waals surface area contributed by atoms with Crippen molar-refractivity contribution in [1.29, 1.82) is 0 Å². The Morgan fingerprint density at radius 3 is 2.40 bits per heavy atom. The minimum atomic E-state index is -4.76. The lowest BCUT2D eigenvalue weighted by Gasteiger charge is -2.49. The van der Waals surface area contributed by atoms with Crippen LogP contribution in [0, 0.1) is 17.0 Å². The normalized spacial score (nSPS) is 27.1. The molecule has 5 aliphatic heterocycles. The lowest BCUT2D eigenvalue weighted by molar-refractivity contribution is -0.139. The summed E-state index contributed by atoms with van der Waals surface area (Å²) >= 11 is 1.35. The van der Waals surface area contributed by atoms with E-state index < -0.39 is 23.4 Å². The Kier molecular flexibility index (Phi) is 7.42. The maximum Gasteiger partial charge on any atom is 0.417 e. The molecule has 1 spiro atoms. The molecule has 3 atom stereocenters. The van der Waals surface area contributed by atoms with Gasteiger partial charge in [0.15, 0.2) is 0 Å². The van der Waals surface area contributed by atoms with Crippen LogP contribution in [0.2, 0.25) is 0 Å². The summed E-state index contributed by atoms with van der Waals surface area (Å²) < 4.78 is 79.1. The zero-order valence-electron chi connectivity index (χ0n) is 24.3. The van der Waals surface area contributed by atoms with Gasteiger partial charge in [0.2, 0.25) is 0 Å². The van der Waals surface area contributed by atoms with Gasteiger partial charge in [0, 0.05) is 70.5 Å². The summed E-state index contributed by atoms with van der Waals surface area (Å²) in [6, 6.07) is 4.26. The van der Waals surface area contributed by atoms with E-state index in [4.69, 9.17) is 9.73 Å². The smallest absolute Gasteiger partial charge is 0.380 e. The number of rotatable bonds is 3. The summed E-state index contributed by atoms with van der Waals surface area (Å²) in [5.41, 5.74) is 0.0369. The molecule has 0 saturated carbocycles. The number of hydrogen-bond acceptors (Lipinski definition) is 7. The Balaban J connectivity index is 1.33. The monoisotopic (exact) mass is 621 g/mol. The largest absolute Gasteiger partial charge is 0.417 e. The number of ether oxygens (including phenoxy) is 1. The highest BCUT2D eigenvalue weighted by Gasteiger charge is 2.45. The maximum atomic E-state index is 15.2. The highest BCUT2D eigenvalue weighted by molar-refractivity contribution is 7.99. The van der Waals surface area contributed by atoms with E-state index in [1.165, 1.54) is 11.8 Å². The molecule has 3 fully saturated rings. The first-order valence-corrected chi connectivity index (χ1v) is 16.0. The van der Waals surface area contributed by atoms with Gasteiger partial charge in [0.25, 0.3) is 0 Å². The second-order valence-corrected chi connectivity index (χ2v) is 13.9. The minimum Gasteiger partial charge on any atom is -0.380 e. The van der Waals surface area contributed by atoms with Crippen LogP contribution in [0.25, 0.3) is 11.1 Å². The average molecular weight is 622 g/mol. The number of likely N-dealkylation sites (tertiary alicyclic amines) is 1. The third-order valence-corrected chi connectivity index (χ3v) is 10.8. The molecule has 0 unspecified atom stereocenters. The van der Waals surface area contributed by atoms with E-state index in [1.54, 1.807) is 0 Å². The van der Waals surface area contributed by atoms with Crippen LogP contribution in [0.5, 0.6) is 0 Å². The van der Waals surface area contributed by atoms with Crippen molar-refractivity contribution in [2.75, 3.05) is 63.3 Å². The number of piperidine rings is 1. The van der Waals surface area contributed by atoms with E-state index in [0.29, 0.717) is 59.0 Å². The van der Waals surface area contributed by atoms with Crippen LogP contribution in [-0.2, 0) is 10.9 Å². The van der Waals surface area contributed by atoms with Crippen molar-refractivity contribution in [2.45, 2.75) is 55.9 Å². The molecule has 2 aromatic carbocycles. The molecular weight excluding hydrogens is 585 g/mol. The van der Waals surface area contributed by atoms with E-state index in [1.807, 2.05) is 0 Å². The van der Waals surface area contributed by atoms with Gasteiger partial charge in [0.05, 0.1) is 30.5 Å². The van der Waals surface area contributed by atoms with E-state index in [2.05, 4.69) is 33.9 Å². The molecule has 0 aliphatic carbocycles. The fourth-order valence-corrected chi connectivity index (χ4v) is 8.78. The lowest BCUT2D eigenvalue weighted by atomic mass is 9.77. The third kappa shape index (κ3) is 5.32. The molecule has 3 saturated heterocycles. The van der Waals surface area contributed by atoms with Crippen LogP contribution in [0.4, 0.5) is 27.6 Å². The van der Waals surface area contributed by atoms with Gasteiger partial charge in [-0.3, -0.25) is 0 Å². The number of benzene rings is 2. The van der Waals surface area contributed by atoms with E-state index >= 15 is 4.39 Å². The van der Waals surface area contributed by atoms with Gasteiger partial charge < -0.3 is 24.8 Å². The Morgan fingerprint density at radius 2 is 1.77 bits per heavy atom. The van der Waals surface area contributed by atoms with Crippen molar-refractivity contribution in [2.24, 2.45) is 10.4 Å². The predicted molar refractivity (Wildman–Crippen MR) is 158 cm³/mol. The first-order chi connectivity index (χ1) is 20.5. The number of amidine groups is 1. The standard InChI is InChI=1S/C31H36F5N5OS/c1-18-11-40(12-19(2)38-18)29-23-10-24(31(34,35)36)26(22-4-3-20(32)9-25(22)33)28-27(23)41(17-37-29)21(14-43-28)13-39-7-5-30(6-8-39)15-42-16-30/h3-4,9-10,18-19,21,38H,5-8,11-17H2,1-2H3/t18-,19+,21-/m0/s1. The summed E-state index contributed by atoms with van der Waals surface area (Å²) in [4.78, 5) is 12.0. The highest BCUT2D eigenvalue weighted by Crippen LogP contribution is 2.53. The van der Waals surface area contributed by atoms with Crippen molar-refractivity contribution in [3.63, 3.8) is 0 Å². The number of piperazine rings is 1. The molecule has 232 valence electrons. The van der Waals surface area contributed by atoms with Gasteiger partial charge in [-0.2, -0.15) is 13.2 Å². The second-order valence-electron chi connectivity index (χ2n) is 12.9. The van der Waals surface area contributed by atoms with Gasteiger partial charge in [-0.1, -0.05) is 0 Å². The molecule has 0 aromatic heterocycles. The third-order valence-electron chi connectivity index (χ3n) is 9.58. The van der Waals surface area contributed by atoms with Crippen molar-refractivity contribution < 1.29 is 26.7 Å². The minimum absolute atomic E-state index is 0.0248. The molecule has 0 amide bonds. The number of anilines is 1. The number of aliphatic imine (C=N–C) groups is 1. The van der Waals surface area contributed by atoms with Gasteiger partial charge in [-0.05, 0) is 58.0 Å². The van der Waals surface area contributed by atoms with Crippen molar-refractivity contribution in [3.05, 3.63) is 47.0 Å². The Morgan fingerprint density at radius 1 is 1.05 bits per heavy atom. The molecule has 0 radical (unpaired) electrons. The molecule has 7 rings (SSSR count). The summed E-state index contributed by atoms with van der Waals surface area (Å²) in [7, 11) is 0. The first kappa shape index (κ1) is 29.3. The van der Waals surface area contributed by atoms with Crippen LogP contribution in [-0.4, -0.2) is 92.1 Å². The molecule has 43 heavy (non-hydrogen) atoms. The Hall–Kier alpha value is -2.41. The molecule has 1 N–H and O–H groups in total. The van der Waals surface area contributed by atoms with Crippen LogP contribution in [0.3, 0.4) is 0 Å². The fourth-order valence-electron chi connectivity index (χ4n) is 7.40. The lowest BCUT2D eigenvalue weighted by Crippen LogP contribution is -2.58. The second kappa shape index (κ2) is 10.9. The van der Waals surface area contributed by atoms with Crippen molar-refractivity contribution in [3.8, 4) is 11.1 Å². The van der Waals surface area contributed by atoms with E-state index in [0.717, 1.165) is 63.9 Å². The van der Waals surface area contributed by atoms with Crippen LogP contribution in [0.1, 0.15) is 37.8 Å². The van der Waals surface area contributed by atoms with Crippen LogP contribution < -0.4 is 10.2 Å². The topological polar surface area (TPSA) is 43.3 Å². The molecule has 12 heteroatoms. The molecular formula is C31H36F5N5OS. The average Bonchev–Trinajstić information content (AvgIpc) is 2.93. The number of halogens is 5. The van der Waals surface area contributed by atoms with Crippen LogP contribution in [0.15, 0.2) is 34.2 Å². The highest BCUT2D eigenvalue weighted by atomic mass is 32.2. The maximum absolute atomic E-state index is 15.2. The molecule has 5 aliphatic rings. The van der Waals surface area contributed by atoms with Crippen molar-refractivity contribution in [1.82, 2.24) is 15.1 Å². The number of nitrogens with one attached hydrogen (secondary N) is 1. The summed E-state index contributed by atoms with van der Waals surface area (Å²) in [5.74, 6) is -0.743. The first-order valence-electron chi connectivity index (χ1n) is 15.0. The number of hydrogen-bond donors (Lipinski definition) is 1. The number of thioether (sulfide) groups is 1. The SMILES string of the molecule is C[C@@H]1CN(C2=NCN3c4c2cc(C(F)(F)F)c(-c2ccc(F)cc2F)c4SC[C@@H]3CN2CCC3(CC2)COC3)C[C@H](C)N1. The van der Waals surface area contributed by atoms with Gasteiger partial charge in [-0.25, -0.2) is 13.8 Å². The summed E-state index contributed by atoms with van der Waals surface area (Å²) in [5, 5.41) is 3.48. The molecule has 2 aromatic rings. The van der Waals surface area contributed by atoms with E-state index in [-0.39, 0.29) is 29.3 Å². The van der Waals surface area contributed by atoms with Gasteiger partial charge >= 0.3 is 6.18 Å². The zero-order valence-corrected chi connectivity index (χ0v) is 25.1. The number of alkyl halides is 3. The molecule has 6 nitrogen and oxygen atoms in total. The Labute approximate surface area is 252 Å². The fraction of sp³-hybridized carbons (Fsp3) is 0.581. The summed E-state index contributed by atoms with van der Waals surface area (Å²) in [6.45, 7) is 10.0. The summed E-state index contributed by atoms with van der Waals surface area (Å²) in [6.07, 6.45) is -2.59. The van der Waals surface area contributed by atoms with Crippen molar-refractivity contribution >= 4 is 23.3 Å². The van der Waals surface area contributed by atoms with Gasteiger partial charge in [-0.15, -0.1) is 11.8 Å². The predicted octanol–water partition coefficient (Wildman–Crippen LogP) is 5.44. The van der Waals surface area contributed by atoms with E-state index in [9.17, 15) is 17.6 Å². The molecule has 5 heterocycles. The molecule has 0 bridgehead atoms. The quantitative estimate of drug-likeness (QED) is 0.461. The zero-order chi connectivity index (χ0) is 30.1.